The molecule has 0 bridgehead atoms. The predicted octanol–water partition coefficient (Wildman–Crippen LogP) is 2.39. The zero-order chi connectivity index (χ0) is 9.97. The Balaban J connectivity index is 2.41. The molecule has 0 fully saturated rings. The Labute approximate surface area is 83.4 Å². The molecule has 72 valence electrons. The van der Waals surface area contributed by atoms with E-state index in [-0.39, 0.29) is 0 Å². The van der Waals surface area contributed by atoms with E-state index in [2.05, 4.69) is 36.1 Å². The highest BCUT2D eigenvalue weighted by Crippen LogP contribution is 2.16. The Bertz CT molecular complexity index is 404. The van der Waals surface area contributed by atoms with Crippen molar-refractivity contribution >= 4 is 0 Å². The van der Waals surface area contributed by atoms with Gasteiger partial charge in [-0.15, -0.1) is 0 Å². The predicted molar refractivity (Wildman–Crippen MR) is 55.4 cm³/mol. The maximum atomic E-state index is 4.09. The van der Waals surface area contributed by atoms with Gasteiger partial charge >= 0.3 is 0 Å². The van der Waals surface area contributed by atoms with Crippen LogP contribution in [-0.2, 0) is 0 Å². The number of hydrogen-bond acceptors (Lipinski definition) is 2. The molecule has 1 heterocycles. The molecule has 3 nitrogen and oxygen atoms in total. The third-order valence-electron chi connectivity index (χ3n) is 2.22. The van der Waals surface area contributed by atoms with Gasteiger partial charge in [0.1, 0.15) is 12.7 Å². The van der Waals surface area contributed by atoms with Gasteiger partial charge in [0.15, 0.2) is 0 Å². The lowest BCUT2D eigenvalue weighted by atomic mass is 10.0. The molecule has 2 rings (SSSR count). The minimum absolute atomic E-state index is 0.540. The maximum absolute atomic E-state index is 4.09. The second-order valence-corrected chi connectivity index (χ2v) is 3.59. The highest BCUT2D eigenvalue weighted by atomic mass is 15.3. The molecule has 0 spiro atoms. The van der Waals surface area contributed by atoms with Crippen LogP contribution in [0.15, 0.2) is 36.9 Å². The number of hydrogen-bond donors (Lipinski definition) is 0. The first-order chi connectivity index (χ1) is 6.77. The van der Waals surface area contributed by atoms with Gasteiger partial charge in [-0.25, -0.2) is 9.67 Å². The van der Waals surface area contributed by atoms with E-state index in [1.807, 2.05) is 12.1 Å². The third kappa shape index (κ3) is 1.66. The molecule has 3 heteroatoms. The Morgan fingerprint density at radius 1 is 1.29 bits per heavy atom. The molecule has 0 aliphatic carbocycles. The van der Waals surface area contributed by atoms with Gasteiger partial charge in [-0.2, -0.15) is 5.10 Å². The van der Waals surface area contributed by atoms with Gasteiger partial charge in [0.2, 0.25) is 0 Å². The van der Waals surface area contributed by atoms with Crippen LogP contribution in [0, 0.1) is 0 Å². The minimum Gasteiger partial charge on any atom is -0.223 e. The minimum atomic E-state index is 0.540. The van der Waals surface area contributed by atoms with Crippen LogP contribution < -0.4 is 0 Å². The van der Waals surface area contributed by atoms with Crippen LogP contribution >= 0.6 is 0 Å². The topological polar surface area (TPSA) is 30.7 Å². The Morgan fingerprint density at radius 2 is 2.14 bits per heavy atom. The molecule has 0 atom stereocenters. The lowest BCUT2D eigenvalue weighted by Crippen LogP contribution is -1.96. The van der Waals surface area contributed by atoms with E-state index in [9.17, 15) is 0 Å². The normalized spacial score (nSPS) is 10.8. The average molecular weight is 187 g/mol. The first-order valence-corrected chi connectivity index (χ1v) is 4.72. The van der Waals surface area contributed by atoms with Crippen LogP contribution in [0.1, 0.15) is 25.3 Å². The highest BCUT2D eigenvalue weighted by Gasteiger charge is 2.01. The van der Waals surface area contributed by atoms with Crippen molar-refractivity contribution in [2.24, 2.45) is 0 Å². The molecule has 1 aromatic carbocycles. The molecule has 2 aromatic rings. The Hall–Kier alpha value is -1.64. The van der Waals surface area contributed by atoms with Crippen LogP contribution in [0.3, 0.4) is 0 Å². The summed E-state index contributed by atoms with van der Waals surface area (Å²) in [7, 11) is 0. The van der Waals surface area contributed by atoms with Gasteiger partial charge in [-0.1, -0.05) is 26.0 Å². The fourth-order valence-corrected chi connectivity index (χ4v) is 1.37. The van der Waals surface area contributed by atoms with Crippen LogP contribution in [0.25, 0.3) is 5.69 Å². The smallest absolute Gasteiger partial charge is 0.138 e. The molecule has 0 radical (unpaired) electrons. The summed E-state index contributed by atoms with van der Waals surface area (Å²) in [6.45, 7) is 4.36. The summed E-state index contributed by atoms with van der Waals surface area (Å²) < 4.78 is 1.77. The van der Waals surface area contributed by atoms with E-state index in [0.29, 0.717) is 5.92 Å². The average Bonchev–Trinajstić information content (AvgIpc) is 2.71. The second kappa shape index (κ2) is 3.62. The monoisotopic (exact) mass is 187 g/mol. The van der Waals surface area contributed by atoms with Gasteiger partial charge in [0, 0.05) is 0 Å². The lowest BCUT2D eigenvalue weighted by Gasteiger charge is -2.07. The largest absolute Gasteiger partial charge is 0.223 e. The third-order valence-corrected chi connectivity index (χ3v) is 2.22. The number of benzene rings is 1. The van der Waals surface area contributed by atoms with Crippen molar-refractivity contribution < 1.29 is 0 Å². The van der Waals surface area contributed by atoms with Crippen molar-refractivity contribution in [2.45, 2.75) is 19.8 Å². The zero-order valence-electron chi connectivity index (χ0n) is 8.38. The van der Waals surface area contributed by atoms with Gasteiger partial charge < -0.3 is 0 Å². The van der Waals surface area contributed by atoms with E-state index in [4.69, 9.17) is 0 Å². The summed E-state index contributed by atoms with van der Waals surface area (Å²) in [6.07, 6.45) is 3.25. The van der Waals surface area contributed by atoms with E-state index in [0.717, 1.165) is 5.69 Å². The van der Waals surface area contributed by atoms with Gasteiger partial charge in [-0.3, -0.25) is 0 Å². The van der Waals surface area contributed by atoms with Crippen LogP contribution in [0.5, 0.6) is 0 Å². The highest BCUT2D eigenvalue weighted by molar-refractivity contribution is 5.35. The molecule has 0 aliphatic heterocycles. The molecule has 14 heavy (non-hydrogen) atoms. The van der Waals surface area contributed by atoms with Gasteiger partial charge in [-0.05, 0) is 23.6 Å². The van der Waals surface area contributed by atoms with Gasteiger partial charge in [0.05, 0.1) is 5.69 Å². The molecule has 0 saturated carbocycles. The molecule has 0 aliphatic rings. The summed E-state index contributed by atoms with van der Waals surface area (Å²) in [6, 6.07) is 8.34. The first-order valence-electron chi connectivity index (χ1n) is 4.72. The number of aromatic nitrogens is 3. The van der Waals surface area contributed by atoms with Crippen LogP contribution in [0.4, 0.5) is 0 Å². The summed E-state index contributed by atoms with van der Waals surface area (Å²) in [5.41, 5.74) is 2.38. The SMILES string of the molecule is CC(C)c1cccc(-n2cncn2)c1. The van der Waals surface area contributed by atoms with Crippen molar-refractivity contribution in [3.63, 3.8) is 0 Å². The van der Waals surface area contributed by atoms with E-state index < -0.39 is 0 Å². The maximum Gasteiger partial charge on any atom is 0.138 e. The van der Waals surface area contributed by atoms with Crippen molar-refractivity contribution in [3.8, 4) is 5.69 Å². The Morgan fingerprint density at radius 3 is 2.79 bits per heavy atom. The summed E-state index contributed by atoms with van der Waals surface area (Å²) in [5.74, 6) is 0.540. The van der Waals surface area contributed by atoms with E-state index in [1.165, 1.54) is 5.56 Å². The second-order valence-electron chi connectivity index (χ2n) is 3.59. The summed E-state index contributed by atoms with van der Waals surface area (Å²) in [4.78, 5) is 3.92. The fourth-order valence-electron chi connectivity index (χ4n) is 1.37. The molecule has 0 N–H and O–H groups in total. The van der Waals surface area contributed by atoms with Crippen LogP contribution in [-0.4, -0.2) is 14.8 Å². The van der Waals surface area contributed by atoms with Crippen molar-refractivity contribution in [3.05, 3.63) is 42.5 Å². The van der Waals surface area contributed by atoms with Crippen molar-refractivity contribution in [2.75, 3.05) is 0 Å². The van der Waals surface area contributed by atoms with Gasteiger partial charge in [0.25, 0.3) is 0 Å². The molecule has 0 saturated heterocycles. The zero-order valence-corrected chi connectivity index (χ0v) is 8.38. The molecular formula is C11H13N3. The number of nitrogens with zero attached hydrogens (tertiary/aromatic N) is 3. The number of rotatable bonds is 2. The standard InChI is InChI=1S/C11H13N3/c1-9(2)10-4-3-5-11(6-10)14-8-12-7-13-14/h3-9H,1-2H3. The molecule has 1 aromatic heterocycles. The fraction of sp³-hybridized carbons (Fsp3) is 0.273. The molecular weight excluding hydrogens is 174 g/mol. The quantitative estimate of drug-likeness (QED) is 0.722. The molecule has 0 amide bonds. The van der Waals surface area contributed by atoms with Crippen LogP contribution in [0.2, 0.25) is 0 Å². The lowest BCUT2D eigenvalue weighted by molar-refractivity contribution is 0.844. The summed E-state index contributed by atoms with van der Waals surface area (Å²) in [5, 5.41) is 4.09. The van der Waals surface area contributed by atoms with Crippen molar-refractivity contribution in [1.82, 2.24) is 14.8 Å². The molecule has 0 unspecified atom stereocenters. The van der Waals surface area contributed by atoms with E-state index in [1.54, 1.807) is 17.3 Å². The first kappa shape index (κ1) is 8.94. The van der Waals surface area contributed by atoms with Crippen molar-refractivity contribution in [1.29, 1.82) is 0 Å². The summed E-state index contributed by atoms with van der Waals surface area (Å²) >= 11 is 0. The van der Waals surface area contributed by atoms with E-state index >= 15 is 0 Å². The Kier molecular flexibility index (Phi) is 2.31.